The molecule has 122 valence electrons. The van der Waals surface area contributed by atoms with Crippen LogP contribution in [-0.2, 0) is 4.79 Å². The minimum Gasteiger partial charge on any atom is -0.481 e. The predicted octanol–water partition coefficient (Wildman–Crippen LogP) is 4.71. The van der Waals surface area contributed by atoms with Gasteiger partial charge in [-0.25, -0.2) is 0 Å². The fourth-order valence-electron chi connectivity index (χ4n) is 3.27. The summed E-state index contributed by atoms with van der Waals surface area (Å²) in [6.45, 7) is 3.66. The van der Waals surface area contributed by atoms with E-state index in [4.69, 9.17) is 0 Å². The van der Waals surface area contributed by atoms with Gasteiger partial charge in [0.2, 0.25) is 0 Å². The average Bonchev–Trinajstić information content (AvgIpc) is 2.94. The standard InChI is InChI=1S/C18H20BrNO2S/c1-12-8-16(23-11-12)17(13-4-2-6-15(19)9-13)20-7-3-5-14(10-20)18(21)22/h2,4,6,8-9,11,14,17H,3,5,7,10H2,1H3,(H,21,22). The molecule has 0 amide bonds. The molecule has 1 N–H and O–H groups in total. The summed E-state index contributed by atoms with van der Waals surface area (Å²) in [5.74, 6) is -0.940. The number of thiophene rings is 1. The van der Waals surface area contributed by atoms with Crippen molar-refractivity contribution in [3.63, 3.8) is 0 Å². The second kappa shape index (κ2) is 7.16. The monoisotopic (exact) mass is 393 g/mol. The Kier molecular flexibility index (Phi) is 5.19. The number of carboxylic acid groups (broad SMARTS) is 1. The van der Waals surface area contributed by atoms with Crippen LogP contribution in [0, 0.1) is 12.8 Å². The summed E-state index contributed by atoms with van der Waals surface area (Å²) in [7, 11) is 0. The van der Waals surface area contributed by atoms with Crippen molar-refractivity contribution in [2.75, 3.05) is 13.1 Å². The van der Waals surface area contributed by atoms with Crippen molar-refractivity contribution in [1.82, 2.24) is 4.90 Å². The molecular formula is C18H20BrNO2S. The molecule has 1 fully saturated rings. The highest BCUT2D eigenvalue weighted by atomic mass is 79.9. The summed E-state index contributed by atoms with van der Waals surface area (Å²) in [5, 5.41) is 11.6. The second-order valence-electron chi connectivity index (χ2n) is 6.16. The smallest absolute Gasteiger partial charge is 0.307 e. The number of piperidine rings is 1. The van der Waals surface area contributed by atoms with Crippen LogP contribution in [0.15, 0.2) is 40.2 Å². The maximum atomic E-state index is 11.4. The van der Waals surface area contributed by atoms with Gasteiger partial charge in [0, 0.05) is 15.9 Å². The van der Waals surface area contributed by atoms with Gasteiger partial charge in [0.25, 0.3) is 0 Å². The summed E-state index contributed by atoms with van der Waals surface area (Å²) in [4.78, 5) is 15.0. The minimum atomic E-state index is -0.676. The zero-order chi connectivity index (χ0) is 16.4. The van der Waals surface area contributed by atoms with Gasteiger partial charge in [-0.1, -0.05) is 28.1 Å². The number of benzene rings is 1. The van der Waals surface area contributed by atoms with E-state index in [1.807, 2.05) is 12.1 Å². The summed E-state index contributed by atoms with van der Waals surface area (Å²) < 4.78 is 1.06. The highest BCUT2D eigenvalue weighted by Crippen LogP contribution is 2.36. The normalized spacial score (nSPS) is 20.3. The van der Waals surface area contributed by atoms with Crippen LogP contribution >= 0.6 is 27.3 Å². The van der Waals surface area contributed by atoms with Crippen molar-refractivity contribution in [2.24, 2.45) is 5.92 Å². The predicted molar refractivity (Wildman–Crippen MR) is 97.0 cm³/mol. The summed E-state index contributed by atoms with van der Waals surface area (Å²) in [5.41, 5.74) is 2.48. The number of halogens is 1. The molecule has 1 aliphatic heterocycles. The number of likely N-dealkylation sites (tertiary alicyclic amines) is 1. The Morgan fingerprint density at radius 2 is 2.26 bits per heavy atom. The molecule has 3 rings (SSSR count). The molecule has 5 heteroatoms. The molecule has 2 unspecified atom stereocenters. The van der Waals surface area contributed by atoms with E-state index in [0.29, 0.717) is 6.54 Å². The maximum Gasteiger partial charge on any atom is 0.307 e. The van der Waals surface area contributed by atoms with Gasteiger partial charge in [0.1, 0.15) is 0 Å². The molecule has 1 aromatic heterocycles. The lowest BCUT2D eigenvalue weighted by atomic mass is 9.94. The van der Waals surface area contributed by atoms with Gasteiger partial charge >= 0.3 is 5.97 Å². The Morgan fingerprint density at radius 1 is 1.43 bits per heavy atom. The molecule has 1 aliphatic rings. The van der Waals surface area contributed by atoms with Crippen LogP contribution in [0.3, 0.4) is 0 Å². The van der Waals surface area contributed by atoms with Crippen molar-refractivity contribution < 1.29 is 9.90 Å². The first-order valence-corrected chi connectivity index (χ1v) is 9.49. The number of aryl methyl sites for hydroxylation is 1. The maximum absolute atomic E-state index is 11.4. The molecule has 2 aromatic rings. The Balaban J connectivity index is 1.96. The van der Waals surface area contributed by atoms with Crippen molar-refractivity contribution >= 4 is 33.2 Å². The first kappa shape index (κ1) is 16.7. The zero-order valence-electron chi connectivity index (χ0n) is 13.0. The molecule has 23 heavy (non-hydrogen) atoms. The number of carboxylic acids is 1. The van der Waals surface area contributed by atoms with Gasteiger partial charge in [0.15, 0.2) is 0 Å². The lowest BCUT2D eigenvalue weighted by molar-refractivity contribution is -0.143. The van der Waals surface area contributed by atoms with E-state index in [0.717, 1.165) is 23.9 Å². The average molecular weight is 394 g/mol. The largest absolute Gasteiger partial charge is 0.481 e. The van der Waals surface area contributed by atoms with E-state index in [2.05, 4.69) is 51.3 Å². The van der Waals surface area contributed by atoms with Crippen molar-refractivity contribution in [1.29, 1.82) is 0 Å². The number of aliphatic carboxylic acids is 1. The lowest BCUT2D eigenvalue weighted by Crippen LogP contribution is -2.41. The Labute approximate surface area is 149 Å². The molecule has 0 spiro atoms. The third-order valence-corrected chi connectivity index (χ3v) is 5.95. The molecule has 0 saturated carbocycles. The van der Waals surface area contributed by atoms with E-state index in [1.165, 1.54) is 16.0 Å². The lowest BCUT2D eigenvalue weighted by Gasteiger charge is -2.37. The van der Waals surface area contributed by atoms with Gasteiger partial charge in [-0.15, -0.1) is 11.3 Å². The first-order chi connectivity index (χ1) is 11.0. The number of hydrogen-bond donors (Lipinski definition) is 1. The van der Waals surface area contributed by atoms with Gasteiger partial charge in [-0.05, 0) is 61.0 Å². The number of carbonyl (C=O) groups is 1. The van der Waals surface area contributed by atoms with Gasteiger partial charge < -0.3 is 5.11 Å². The van der Waals surface area contributed by atoms with E-state index in [9.17, 15) is 9.90 Å². The number of rotatable bonds is 4. The molecule has 0 bridgehead atoms. The molecule has 0 radical (unpaired) electrons. The van der Waals surface area contributed by atoms with Crippen LogP contribution < -0.4 is 0 Å². The molecule has 3 nitrogen and oxygen atoms in total. The molecule has 2 atom stereocenters. The van der Waals surface area contributed by atoms with E-state index >= 15 is 0 Å². The van der Waals surface area contributed by atoms with Crippen molar-refractivity contribution in [3.05, 3.63) is 56.2 Å². The van der Waals surface area contributed by atoms with Crippen LogP contribution in [-0.4, -0.2) is 29.1 Å². The fourth-order valence-corrected chi connectivity index (χ4v) is 4.75. The SMILES string of the molecule is Cc1csc(C(c2cccc(Br)c2)N2CCCC(C(=O)O)C2)c1. The Morgan fingerprint density at radius 3 is 2.91 bits per heavy atom. The highest BCUT2D eigenvalue weighted by Gasteiger charge is 2.31. The molecular weight excluding hydrogens is 374 g/mol. The van der Waals surface area contributed by atoms with Gasteiger partial charge in [-0.3, -0.25) is 9.69 Å². The van der Waals surface area contributed by atoms with Crippen LogP contribution in [0.5, 0.6) is 0 Å². The molecule has 1 aromatic carbocycles. The molecule has 0 aliphatic carbocycles. The van der Waals surface area contributed by atoms with Crippen LogP contribution in [0.25, 0.3) is 0 Å². The molecule has 2 heterocycles. The van der Waals surface area contributed by atoms with Crippen LogP contribution in [0.1, 0.15) is 34.9 Å². The highest BCUT2D eigenvalue weighted by molar-refractivity contribution is 9.10. The van der Waals surface area contributed by atoms with Gasteiger partial charge in [0.05, 0.1) is 12.0 Å². The molecule has 1 saturated heterocycles. The van der Waals surface area contributed by atoms with Crippen LogP contribution in [0.4, 0.5) is 0 Å². The van der Waals surface area contributed by atoms with Gasteiger partial charge in [-0.2, -0.15) is 0 Å². The third kappa shape index (κ3) is 3.84. The Hall–Kier alpha value is -1.17. The zero-order valence-corrected chi connectivity index (χ0v) is 15.4. The van der Waals surface area contributed by atoms with Crippen molar-refractivity contribution in [2.45, 2.75) is 25.8 Å². The van der Waals surface area contributed by atoms with Crippen molar-refractivity contribution in [3.8, 4) is 0 Å². The van der Waals surface area contributed by atoms with E-state index < -0.39 is 5.97 Å². The number of nitrogens with zero attached hydrogens (tertiary/aromatic N) is 1. The summed E-state index contributed by atoms with van der Waals surface area (Å²) in [6, 6.07) is 10.7. The Bertz CT molecular complexity index is 700. The quantitative estimate of drug-likeness (QED) is 0.817. The second-order valence-corrected chi connectivity index (χ2v) is 8.01. The fraction of sp³-hybridized carbons (Fsp3) is 0.389. The van der Waals surface area contributed by atoms with E-state index in [-0.39, 0.29) is 12.0 Å². The van der Waals surface area contributed by atoms with Crippen LogP contribution in [0.2, 0.25) is 0 Å². The summed E-state index contributed by atoms with van der Waals surface area (Å²) >= 11 is 5.32. The minimum absolute atomic E-state index is 0.133. The van der Waals surface area contributed by atoms with E-state index in [1.54, 1.807) is 11.3 Å². The first-order valence-electron chi connectivity index (χ1n) is 7.82. The number of hydrogen-bond acceptors (Lipinski definition) is 3. The topological polar surface area (TPSA) is 40.5 Å². The summed E-state index contributed by atoms with van der Waals surface area (Å²) in [6.07, 6.45) is 1.71. The third-order valence-electron chi connectivity index (χ3n) is 4.35.